The number of nitrogens with zero attached hydrogens (tertiary/aromatic N) is 1. The van der Waals surface area contributed by atoms with Gasteiger partial charge < -0.3 is 10.4 Å². The fourth-order valence-corrected chi connectivity index (χ4v) is 2.84. The second-order valence-electron chi connectivity index (χ2n) is 6.18. The van der Waals surface area contributed by atoms with E-state index in [0.717, 1.165) is 25.0 Å². The van der Waals surface area contributed by atoms with Crippen molar-refractivity contribution in [1.82, 2.24) is 4.98 Å². The number of hydrogen-bond donors (Lipinski definition) is 2. The number of rotatable bonds is 7. The molecular formula is C22H20N2O3. The molecule has 0 radical (unpaired) electrons. The van der Waals surface area contributed by atoms with Crippen molar-refractivity contribution in [3.8, 4) is 0 Å². The lowest BCUT2D eigenvalue weighted by molar-refractivity contribution is 0.0692. The lowest BCUT2D eigenvalue weighted by Crippen LogP contribution is -2.16. The fourth-order valence-electron chi connectivity index (χ4n) is 2.84. The average molecular weight is 360 g/mol. The standard InChI is InChI=1S/C22H20N2O3/c25-21(19-9-1-2-10-20(19)22(26)27)24-18-13-11-16(12-14-18)6-5-8-17-7-3-4-15-23-17/h1-4,7,9-15H,5-6,8H2,(H,24,25)(H,26,27). The first-order chi connectivity index (χ1) is 13.1. The molecule has 1 aromatic heterocycles. The minimum atomic E-state index is -1.12. The number of amides is 1. The van der Waals surface area contributed by atoms with Crippen molar-refractivity contribution < 1.29 is 14.7 Å². The van der Waals surface area contributed by atoms with E-state index in [4.69, 9.17) is 0 Å². The molecule has 0 fully saturated rings. The normalized spacial score (nSPS) is 10.4. The minimum Gasteiger partial charge on any atom is -0.478 e. The average Bonchev–Trinajstić information content (AvgIpc) is 2.70. The molecule has 0 aliphatic rings. The molecular weight excluding hydrogens is 340 g/mol. The number of carbonyl (C=O) groups excluding carboxylic acids is 1. The largest absolute Gasteiger partial charge is 0.478 e. The van der Waals surface area contributed by atoms with Gasteiger partial charge in [0.25, 0.3) is 5.91 Å². The zero-order valence-corrected chi connectivity index (χ0v) is 14.8. The predicted molar refractivity (Wildman–Crippen MR) is 104 cm³/mol. The van der Waals surface area contributed by atoms with Crippen molar-refractivity contribution in [2.45, 2.75) is 19.3 Å². The maximum Gasteiger partial charge on any atom is 0.336 e. The minimum absolute atomic E-state index is 0.0128. The first kappa shape index (κ1) is 18.3. The van der Waals surface area contributed by atoms with Crippen LogP contribution in [0.5, 0.6) is 0 Å². The molecule has 2 N–H and O–H groups in total. The number of carbonyl (C=O) groups is 2. The van der Waals surface area contributed by atoms with Gasteiger partial charge in [0, 0.05) is 17.6 Å². The lowest BCUT2D eigenvalue weighted by Gasteiger charge is -2.09. The summed E-state index contributed by atoms with van der Waals surface area (Å²) in [6.45, 7) is 0. The summed E-state index contributed by atoms with van der Waals surface area (Å²) in [5.41, 5.74) is 3.02. The number of aromatic carboxylic acids is 1. The van der Waals surface area contributed by atoms with Crippen LogP contribution in [0.1, 0.15) is 38.4 Å². The molecule has 136 valence electrons. The Morgan fingerprint density at radius 3 is 2.22 bits per heavy atom. The smallest absolute Gasteiger partial charge is 0.336 e. The number of anilines is 1. The molecule has 5 nitrogen and oxygen atoms in total. The van der Waals surface area contributed by atoms with Crippen LogP contribution in [-0.2, 0) is 12.8 Å². The number of aryl methyl sites for hydroxylation is 2. The Bertz CT molecular complexity index is 922. The van der Waals surface area contributed by atoms with Gasteiger partial charge in [-0.15, -0.1) is 0 Å². The SMILES string of the molecule is O=C(O)c1ccccc1C(=O)Nc1ccc(CCCc2ccccn2)cc1. The second kappa shape index (κ2) is 8.76. The van der Waals surface area contributed by atoms with Gasteiger partial charge in [0.05, 0.1) is 11.1 Å². The summed E-state index contributed by atoms with van der Waals surface area (Å²) in [4.78, 5) is 27.9. The van der Waals surface area contributed by atoms with E-state index >= 15 is 0 Å². The summed E-state index contributed by atoms with van der Waals surface area (Å²) in [7, 11) is 0. The number of benzene rings is 2. The molecule has 0 bridgehead atoms. The highest BCUT2D eigenvalue weighted by molar-refractivity contribution is 6.10. The Morgan fingerprint density at radius 1 is 0.852 bits per heavy atom. The summed E-state index contributed by atoms with van der Waals surface area (Å²) in [5.74, 6) is -1.56. The molecule has 3 aromatic rings. The van der Waals surface area contributed by atoms with Crippen LogP contribution in [0.2, 0.25) is 0 Å². The second-order valence-corrected chi connectivity index (χ2v) is 6.18. The number of nitrogens with one attached hydrogen (secondary N) is 1. The van der Waals surface area contributed by atoms with E-state index in [0.29, 0.717) is 5.69 Å². The van der Waals surface area contributed by atoms with Gasteiger partial charge in [-0.05, 0) is 61.2 Å². The number of hydrogen-bond acceptors (Lipinski definition) is 3. The molecule has 0 aliphatic carbocycles. The molecule has 2 aromatic carbocycles. The van der Waals surface area contributed by atoms with Crippen LogP contribution in [0.15, 0.2) is 72.9 Å². The lowest BCUT2D eigenvalue weighted by atomic mass is 10.1. The molecule has 27 heavy (non-hydrogen) atoms. The number of aromatic nitrogens is 1. The molecule has 0 unspecified atom stereocenters. The van der Waals surface area contributed by atoms with Crippen LogP contribution in [0.4, 0.5) is 5.69 Å². The van der Waals surface area contributed by atoms with Gasteiger partial charge in [0.2, 0.25) is 0 Å². The van der Waals surface area contributed by atoms with E-state index in [-0.39, 0.29) is 11.1 Å². The summed E-state index contributed by atoms with van der Waals surface area (Å²) in [6.07, 6.45) is 4.64. The molecule has 0 saturated heterocycles. The van der Waals surface area contributed by atoms with Crippen molar-refractivity contribution in [3.63, 3.8) is 0 Å². The predicted octanol–water partition coefficient (Wildman–Crippen LogP) is 4.21. The molecule has 0 aliphatic heterocycles. The van der Waals surface area contributed by atoms with Crippen LogP contribution >= 0.6 is 0 Å². The first-order valence-electron chi connectivity index (χ1n) is 8.76. The number of pyridine rings is 1. The monoisotopic (exact) mass is 360 g/mol. The quantitative estimate of drug-likeness (QED) is 0.661. The van der Waals surface area contributed by atoms with Crippen molar-refractivity contribution >= 4 is 17.6 Å². The highest BCUT2D eigenvalue weighted by atomic mass is 16.4. The Kier molecular flexibility index (Phi) is 5.94. The fraction of sp³-hybridized carbons (Fsp3) is 0.136. The molecule has 3 rings (SSSR count). The summed E-state index contributed by atoms with van der Waals surface area (Å²) in [5, 5.41) is 11.9. The summed E-state index contributed by atoms with van der Waals surface area (Å²) < 4.78 is 0. The Balaban J connectivity index is 1.57. The van der Waals surface area contributed by atoms with Gasteiger partial charge in [-0.2, -0.15) is 0 Å². The molecule has 0 atom stereocenters. The third kappa shape index (κ3) is 5.01. The zero-order valence-electron chi connectivity index (χ0n) is 14.8. The third-order valence-electron chi connectivity index (χ3n) is 4.24. The van der Waals surface area contributed by atoms with Gasteiger partial charge in [0.15, 0.2) is 0 Å². The highest BCUT2D eigenvalue weighted by Gasteiger charge is 2.15. The Morgan fingerprint density at radius 2 is 1.56 bits per heavy atom. The number of carboxylic acid groups (broad SMARTS) is 1. The van der Waals surface area contributed by atoms with E-state index in [1.807, 2.05) is 42.5 Å². The van der Waals surface area contributed by atoms with E-state index in [9.17, 15) is 14.7 Å². The molecule has 1 amide bonds. The summed E-state index contributed by atoms with van der Waals surface area (Å²) >= 11 is 0. The van der Waals surface area contributed by atoms with Crippen molar-refractivity contribution in [3.05, 3.63) is 95.3 Å². The molecule has 0 spiro atoms. The molecule has 0 saturated carbocycles. The van der Waals surface area contributed by atoms with Crippen molar-refractivity contribution in [1.29, 1.82) is 0 Å². The first-order valence-corrected chi connectivity index (χ1v) is 8.76. The van der Waals surface area contributed by atoms with Crippen molar-refractivity contribution in [2.24, 2.45) is 0 Å². The van der Waals surface area contributed by atoms with Gasteiger partial charge in [-0.3, -0.25) is 9.78 Å². The Labute approximate surface area is 157 Å². The van der Waals surface area contributed by atoms with E-state index in [1.54, 1.807) is 18.3 Å². The van der Waals surface area contributed by atoms with Crippen molar-refractivity contribution in [2.75, 3.05) is 5.32 Å². The zero-order chi connectivity index (χ0) is 19.1. The maximum absolute atomic E-state index is 12.4. The van der Waals surface area contributed by atoms with Crippen LogP contribution in [-0.4, -0.2) is 22.0 Å². The van der Waals surface area contributed by atoms with Crippen LogP contribution in [0.25, 0.3) is 0 Å². The van der Waals surface area contributed by atoms with Crippen LogP contribution < -0.4 is 5.32 Å². The summed E-state index contributed by atoms with van der Waals surface area (Å²) in [6, 6.07) is 19.7. The van der Waals surface area contributed by atoms with E-state index < -0.39 is 11.9 Å². The maximum atomic E-state index is 12.4. The van der Waals surface area contributed by atoms with Gasteiger partial charge >= 0.3 is 5.97 Å². The van der Waals surface area contributed by atoms with Gasteiger partial charge in [0.1, 0.15) is 0 Å². The van der Waals surface area contributed by atoms with Gasteiger partial charge in [-0.25, -0.2) is 4.79 Å². The number of carboxylic acids is 1. The molecule has 5 heteroatoms. The van der Waals surface area contributed by atoms with Gasteiger partial charge in [-0.1, -0.05) is 30.3 Å². The Hall–Kier alpha value is -3.47. The van der Waals surface area contributed by atoms with E-state index in [2.05, 4.69) is 10.3 Å². The van der Waals surface area contributed by atoms with Crippen LogP contribution in [0, 0.1) is 0 Å². The molecule has 1 heterocycles. The topological polar surface area (TPSA) is 79.3 Å². The highest BCUT2D eigenvalue weighted by Crippen LogP contribution is 2.15. The third-order valence-corrected chi connectivity index (χ3v) is 4.24. The van der Waals surface area contributed by atoms with Crippen LogP contribution in [0.3, 0.4) is 0 Å². The van der Waals surface area contributed by atoms with E-state index in [1.165, 1.54) is 17.7 Å².